The SMILES string of the molecule is O=C(Nc1cccc2ccccc12)C1CCCN(Cc2ccc(Cl)cc2)C1. The molecule has 0 aliphatic carbocycles. The lowest BCUT2D eigenvalue weighted by atomic mass is 9.96. The van der Waals surface area contributed by atoms with Crippen LogP contribution in [0.4, 0.5) is 5.69 Å². The molecule has 1 aliphatic rings. The molecule has 3 nitrogen and oxygen atoms in total. The van der Waals surface area contributed by atoms with Crippen molar-refractivity contribution in [2.24, 2.45) is 5.92 Å². The van der Waals surface area contributed by atoms with Crippen molar-refractivity contribution in [1.29, 1.82) is 0 Å². The topological polar surface area (TPSA) is 32.3 Å². The third kappa shape index (κ3) is 4.32. The maximum atomic E-state index is 12.9. The molecule has 0 aromatic heterocycles. The molecule has 1 amide bonds. The number of piperidine rings is 1. The largest absolute Gasteiger partial charge is 0.325 e. The van der Waals surface area contributed by atoms with Crippen LogP contribution >= 0.6 is 11.6 Å². The highest BCUT2D eigenvalue weighted by Gasteiger charge is 2.26. The molecule has 0 radical (unpaired) electrons. The molecule has 0 bridgehead atoms. The molecular weight excluding hydrogens is 356 g/mol. The summed E-state index contributed by atoms with van der Waals surface area (Å²) in [7, 11) is 0. The Balaban J connectivity index is 1.43. The number of nitrogens with one attached hydrogen (secondary N) is 1. The van der Waals surface area contributed by atoms with E-state index in [1.807, 2.05) is 36.4 Å². The number of hydrogen-bond donors (Lipinski definition) is 1. The van der Waals surface area contributed by atoms with Crippen molar-refractivity contribution in [3.05, 3.63) is 77.3 Å². The zero-order valence-electron chi connectivity index (χ0n) is 15.2. The first-order chi connectivity index (χ1) is 13.2. The minimum Gasteiger partial charge on any atom is -0.325 e. The van der Waals surface area contributed by atoms with Crippen molar-refractivity contribution in [3.63, 3.8) is 0 Å². The van der Waals surface area contributed by atoms with Crippen LogP contribution in [0, 0.1) is 5.92 Å². The Kier molecular flexibility index (Phi) is 5.42. The lowest BCUT2D eigenvalue weighted by molar-refractivity contribution is -0.121. The van der Waals surface area contributed by atoms with E-state index in [0.29, 0.717) is 0 Å². The summed E-state index contributed by atoms with van der Waals surface area (Å²) in [5.74, 6) is 0.136. The molecular formula is C23H23ClN2O. The average Bonchev–Trinajstić information content (AvgIpc) is 2.70. The van der Waals surface area contributed by atoms with E-state index in [-0.39, 0.29) is 11.8 Å². The molecule has 1 fully saturated rings. The Morgan fingerprint density at radius 1 is 1.04 bits per heavy atom. The molecule has 3 aromatic carbocycles. The van der Waals surface area contributed by atoms with E-state index in [1.165, 1.54) is 5.56 Å². The highest BCUT2D eigenvalue weighted by atomic mass is 35.5. The van der Waals surface area contributed by atoms with Gasteiger partial charge in [-0.15, -0.1) is 0 Å². The van der Waals surface area contributed by atoms with Gasteiger partial charge in [-0.2, -0.15) is 0 Å². The number of nitrogens with zero attached hydrogens (tertiary/aromatic N) is 1. The number of carbonyl (C=O) groups is 1. The zero-order valence-corrected chi connectivity index (χ0v) is 16.0. The van der Waals surface area contributed by atoms with Crippen molar-refractivity contribution in [2.45, 2.75) is 19.4 Å². The molecule has 138 valence electrons. The minimum atomic E-state index is 0.0185. The highest BCUT2D eigenvalue weighted by molar-refractivity contribution is 6.30. The summed E-state index contributed by atoms with van der Waals surface area (Å²) >= 11 is 5.97. The quantitative estimate of drug-likeness (QED) is 0.664. The van der Waals surface area contributed by atoms with E-state index in [9.17, 15) is 4.79 Å². The van der Waals surface area contributed by atoms with Crippen LogP contribution in [0.5, 0.6) is 0 Å². The van der Waals surface area contributed by atoms with Gasteiger partial charge < -0.3 is 5.32 Å². The predicted octanol–water partition coefficient (Wildman–Crippen LogP) is 5.34. The second-order valence-electron chi connectivity index (χ2n) is 7.22. The summed E-state index contributed by atoms with van der Waals surface area (Å²) in [6.07, 6.45) is 1.98. The van der Waals surface area contributed by atoms with E-state index < -0.39 is 0 Å². The van der Waals surface area contributed by atoms with Crippen molar-refractivity contribution in [3.8, 4) is 0 Å². The van der Waals surface area contributed by atoms with Gasteiger partial charge >= 0.3 is 0 Å². The van der Waals surface area contributed by atoms with Crippen molar-refractivity contribution in [2.75, 3.05) is 18.4 Å². The molecule has 1 atom stereocenters. The van der Waals surface area contributed by atoms with Gasteiger partial charge in [0.05, 0.1) is 5.92 Å². The van der Waals surface area contributed by atoms with Crippen LogP contribution in [0.1, 0.15) is 18.4 Å². The smallest absolute Gasteiger partial charge is 0.228 e. The number of rotatable bonds is 4. The van der Waals surface area contributed by atoms with E-state index in [2.05, 4.69) is 40.5 Å². The summed E-state index contributed by atoms with van der Waals surface area (Å²) in [5.41, 5.74) is 2.13. The summed E-state index contributed by atoms with van der Waals surface area (Å²) in [6.45, 7) is 2.68. The summed E-state index contributed by atoms with van der Waals surface area (Å²) < 4.78 is 0. The number of carbonyl (C=O) groups excluding carboxylic acids is 1. The van der Waals surface area contributed by atoms with Gasteiger partial charge in [0, 0.05) is 29.2 Å². The fourth-order valence-electron chi connectivity index (χ4n) is 3.83. The standard InChI is InChI=1S/C23H23ClN2O/c24-20-12-10-17(11-13-20)15-26-14-4-7-19(16-26)23(27)25-22-9-3-6-18-5-1-2-8-21(18)22/h1-3,5-6,8-13,19H,4,7,14-16H2,(H,25,27). The molecule has 4 heteroatoms. The monoisotopic (exact) mass is 378 g/mol. The zero-order chi connectivity index (χ0) is 18.6. The van der Waals surface area contributed by atoms with Crippen LogP contribution in [0.2, 0.25) is 5.02 Å². The number of benzene rings is 3. The fraction of sp³-hybridized carbons (Fsp3) is 0.261. The van der Waals surface area contributed by atoms with Crippen LogP contribution in [-0.4, -0.2) is 23.9 Å². The molecule has 1 saturated heterocycles. The minimum absolute atomic E-state index is 0.0185. The number of hydrogen-bond acceptors (Lipinski definition) is 2. The van der Waals surface area contributed by atoms with Crippen LogP contribution in [0.3, 0.4) is 0 Å². The van der Waals surface area contributed by atoms with Crippen LogP contribution in [0.25, 0.3) is 10.8 Å². The highest BCUT2D eigenvalue weighted by Crippen LogP contribution is 2.25. The van der Waals surface area contributed by atoms with Crippen molar-refractivity contribution >= 4 is 34.0 Å². The molecule has 3 aromatic rings. The molecule has 27 heavy (non-hydrogen) atoms. The first kappa shape index (κ1) is 18.0. The Hall–Kier alpha value is -2.36. The van der Waals surface area contributed by atoms with Crippen LogP contribution < -0.4 is 5.32 Å². The Morgan fingerprint density at radius 2 is 1.81 bits per heavy atom. The molecule has 4 rings (SSSR count). The van der Waals surface area contributed by atoms with E-state index in [4.69, 9.17) is 11.6 Å². The van der Waals surface area contributed by atoms with E-state index in [1.54, 1.807) is 0 Å². The molecule has 1 N–H and O–H groups in total. The van der Waals surface area contributed by atoms with Crippen molar-refractivity contribution < 1.29 is 4.79 Å². The Labute approximate surface area is 164 Å². The summed E-state index contributed by atoms with van der Waals surface area (Å²) in [4.78, 5) is 15.3. The van der Waals surface area contributed by atoms with Crippen molar-refractivity contribution in [1.82, 2.24) is 4.90 Å². The van der Waals surface area contributed by atoms with Gasteiger partial charge in [0.1, 0.15) is 0 Å². The Bertz CT molecular complexity index is 933. The number of fused-ring (bicyclic) bond motifs is 1. The lowest BCUT2D eigenvalue weighted by Gasteiger charge is -2.32. The third-order valence-electron chi connectivity index (χ3n) is 5.24. The van der Waals surface area contributed by atoms with Gasteiger partial charge in [-0.1, -0.05) is 60.1 Å². The molecule has 0 spiro atoms. The van der Waals surface area contributed by atoms with E-state index in [0.717, 1.165) is 54.0 Å². The second-order valence-corrected chi connectivity index (χ2v) is 7.65. The van der Waals surface area contributed by atoms with Gasteiger partial charge in [0.15, 0.2) is 0 Å². The van der Waals surface area contributed by atoms with Gasteiger partial charge in [0.2, 0.25) is 5.91 Å². The molecule has 1 unspecified atom stereocenters. The Morgan fingerprint density at radius 3 is 2.67 bits per heavy atom. The number of likely N-dealkylation sites (tertiary alicyclic amines) is 1. The summed E-state index contributed by atoms with van der Waals surface area (Å²) in [5, 5.41) is 6.15. The predicted molar refractivity (Wildman–Crippen MR) is 112 cm³/mol. The first-order valence-corrected chi connectivity index (χ1v) is 9.82. The van der Waals surface area contributed by atoms with E-state index >= 15 is 0 Å². The van der Waals surface area contributed by atoms with Gasteiger partial charge in [0.25, 0.3) is 0 Å². The second kappa shape index (κ2) is 8.12. The third-order valence-corrected chi connectivity index (χ3v) is 5.50. The molecule has 1 aliphatic heterocycles. The number of amides is 1. The summed E-state index contributed by atoms with van der Waals surface area (Å²) in [6, 6.07) is 22.1. The fourth-order valence-corrected chi connectivity index (χ4v) is 3.96. The number of halogens is 1. The van der Waals surface area contributed by atoms with Crippen LogP contribution in [0.15, 0.2) is 66.7 Å². The number of anilines is 1. The molecule has 0 saturated carbocycles. The lowest BCUT2D eigenvalue weighted by Crippen LogP contribution is -2.40. The maximum Gasteiger partial charge on any atom is 0.228 e. The molecule has 1 heterocycles. The van der Waals surface area contributed by atoms with Gasteiger partial charge in [-0.25, -0.2) is 0 Å². The van der Waals surface area contributed by atoms with Gasteiger partial charge in [-0.3, -0.25) is 9.69 Å². The average molecular weight is 379 g/mol. The maximum absolute atomic E-state index is 12.9. The van der Waals surface area contributed by atoms with Crippen LogP contribution in [-0.2, 0) is 11.3 Å². The first-order valence-electron chi connectivity index (χ1n) is 9.44. The van der Waals surface area contributed by atoms with Gasteiger partial charge in [-0.05, 0) is 48.5 Å². The normalized spacial score (nSPS) is 17.7.